The third kappa shape index (κ3) is 4.41. The summed E-state index contributed by atoms with van der Waals surface area (Å²) in [6, 6.07) is 12.1. The van der Waals surface area contributed by atoms with Crippen LogP contribution in [0, 0.1) is 12.8 Å². The van der Waals surface area contributed by atoms with Crippen molar-refractivity contribution in [2.24, 2.45) is 5.92 Å². The first kappa shape index (κ1) is 19.1. The zero-order valence-corrected chi connectivity index (χ0v) is 16.9. The number of amides is 1. The predicted octanol–water partition coefficient (Wildman–Crippen LogP) is 3.65. The first-order valence-electron chi connectivity index (χ1n) is 10.4. The van der Waals surface area contributed by atoms with Gasteiger partial charge in [-0.3, -0.25) is 9.69 Å². The van der Waals surface area contributed by atoms with Gasteiger partial charge in [-0.05, 0) is 75.4 Å². The van der Waals surface area contributed by atoms with Gasteiger partial charge in [0.15, 0.2) is 6.10 Å². The van der Waals surface area contributed by atoms with Crippen LogP contribution >= 0.6 is 0 Å². The average Bonchev–Trinajstić information content (AvgIpc) is 3.13. The van der Waals surface area contributed by atoms with Crippen LogP contribution in [0.5, 0.6) is 5.75 Å². The van der Waals surface area contributed by atoms with Crippen molar-refractivity contribution < 1.29 is 13.9 Å². The number of hydrogen-bond donors (Lipinski definition) is 0. The highest BCUT2D eigenvalue weighted by atomic mass is 16.5. The van der Waals surface area contributed by atoms with E-state index >= 15 is 0 Å². The van der Waals surface area contributed by atoms with Gasteiger partial charge in [0.2, 0.25) is 0 Å². The molecule has 1 aromatic heterocycles. The van der Waals surface area contributed by atoms with Crippen molar-refractivity contribution in [3.05, 3.63) is 53.5 Å². The summed E-state index contributed by atoms with van der Waals surface area (Å²) in [5, 5.41) is 0. The van der Waals surface area contributed by atoms with Gasteiger partial charge in [-0.15, -0.1) is 0 Å². The molecule has 1 aromatic carbocycles. The van der Waals surface area contributed by atoms with Crippen LogP contribution in [0.1, 0.15) is 36.3 Å². The summed E-state index contributed by atoms with van der Waals surface area (Å²) in [5.74, 6) is 3.54. The second-order valence-electron chi connectivity index (χ2n) is 8.20. The molecule has 0 bridgehead atoms. The fourth-order valence-corrected chi connectivity index (χ4v) is 4.34. The molecule has 4 rings (SSSR count). The van der Waals surface area contributed by atoms with Crippen molar-refractivity contribution in [3.63, 3.8) is 0 Å². The summed E-state index contributed by atoms with van der Waals surface area (Å²) >= 11 is 0. The SMILES string of the molecule is Cc1ccc(CN2CCC(CN(C)C(=O)[C@H]3CCc4ccccc4O3)CC2)o1. The topological polar surface area (TPSA) is 45.9 Å². The number of benzene rings is 1. The maximum Gasteiger partial charge on any atom is 0.263 e. The van der Waals surface area contributed by atoms with E-state index in [1.54, 1.807) is 0 Å². The zero-order valence-electron chi connectivity index (χ0n) is 16.9. The van der Waals surface area contributed by atoms with Crippen LogP contribution < -0.4 is 4.74 Å². The number of aryl methyl sites for hydroxylation is 2. The van der Waals surface area contributed by atoms with Crippen LogP contribution in [-0.4, -0.2) is 48.5 Å². The predicted molar refractivity (Wildman–Crippen MR) is 108 cm³/mol. The van der Waals surface area contributed by atoms with Crippen molar-refractivity contribution in [1.82, 2.24) is 9.80 Å². The van der Waals surface area contributed by atoms with Crippen molar-refractivity contribution in [3.8, 4) is 5.75 Å². The highest BCUT2D eigenvalue weighted by Crippen LogP contribution is 2.28. The quantitative estimate of drug-likeness (QED) is 0.792. The Morgan fingerprint density at radius 1 is 1.14 bits per heavy atom. The lowest BCUT2D eigenvalue weighted by molar-refractivity contribution is -0.138. The van der Waals surface area contributed by atoms with E-state index in [9.17, 15) is 4.79 Å². The van der Waals surface area contributed by atoms with E-state index in [4.69, 9.17) is 9.15 Å². The van der Waals surface area contributed by atoms with Gasteiger partial charge in [-0.2, -0.15) is 0 Å². The Bertz CT molecular complexity index is 808. The first-order valence-corrected chi connectivity index (χ1v) is 10.4. The molecule has 150 valence electrons. The van der Waals surface area contributed by atoms with Gasteiger partial charge in [0, 0.05) is 13.6 Å². The van der Waals surface area contributed by atoms with Crippen molar-refractivity contribution in [2.75, 3.05) is 26.7 Å². The molecule has 2 aliphatic heterocycles. The van der Waals surface area contributed by atoms with Crippen molar-refractivity contribution in [1.29, 1.82) is 0 Å². The Morgan fingerprint density at radius 2 is 1.93 bits per heavy atom. The highest BCUT2D eigenvalue weighted by molar-refractivity contribution is 5.81. The number of nitrogens with zero attached hydrogens (tertiary/aromatic N) is 2. The number of furan rings is 1. The van der Waals surface area contributed by atoms with E-state index in [1.807, 2.05) is 43.1 Å². The number of rotatable bonds is 5. The molecular formula is C23H30N2O3. The molecule has 2 aromatic rings. The smallest absolute Gasteiger partial charge is 0.263 e. The average molecular weight is 383 g/mol. The van der Waals surface area contributed by atoms with E-state index < -0.39 is 0 Å². The molecule has 1 atom stereocenters. The van der Waals surface area contributed by atoms with Gasteiger partial charge >= 0.3 is 0 Å². The lowest BCUT2D eigenvalue weighted by atomic mass is 9.95. The second kappa shape index (κ2) is 8.39. The third-order valence-corrected chi connectivity index (χ3v) is 5.98. The minimum atomic E-state index is -0.345. The van der Waals surface area contributed by atoms with Crippen LogP contribution in [0.3, 0.4) is 0 Å². The van der Waals surface area contributed by atoms with Crippen molar-refractivity contribution in [2.45, 2.75) is 45.3 Å². The number of likely N-dealkylation sites (N-methyl/N-ethyl adjacent to an activating group) is 1. The number of hydrogen-bond acceptors (Lipinski definition) is 4. The fraction of sp³-hybridized carbons (Fsp3) is 0.522. The van der Waals surface area contributed by atoms with Crippen LogP contribution in [0.2, 0.25) is 0 Å². The fourth-order valence-electron chi connectivity index (χ4n) is 4.34. The molecule has 0 radical (unpaired) electrons. The molecule has 5 heteroatoms. The largest absolute Gasteiger partial charge is 0.480 e. The Hall–Kier alpha value is -2.27. The molecule has 5 nitrogen and oxygen atoms in total. The van der Waals surface area contributed by atoms with E-state index in [1.165, 1.54) is 5.56 Å². The van der Waals surface area contributed by atoms with E-state index in [2.05, 4.69) is 17.0 Å². The second-order valence-corrected chi connectivity index (χ2v) is 8.20. The maximum atomic E-state index is 12.9. The maximum absolute atomic E-state index is 12.9. The molecule has 0 N–H and O–H groups in total. The van der Waals surface area contributed by atoms with Gasteiger partial charge in [-0.1, -0.05) is 18.2 Å². The molecule has 0 aliphatic carbocycles. The zero-order chi connectivity index (χ0) is 19.5. The van der Waals surface area contributed by atoms with Crippen LogP contribution in [-0.2, 0) is 17.8 Å². The van der Waals surface area contributed by atoms with Gasteiger partial charge in [-0.25, -0.2) is 0 Å². The number of likely N-dealkylation sites (tertiary alicyclic amines) is 1. The van der Waals surface area contributed by atoms with Crippen LogP contribution in [0.4, 0.5) is 0 Å². The lowest BCUT2D eigenvalue weighted by Gasteiger charge is -2.35. The van der Waals surface area contributed by atoms with Gasteiger partial charge in [0.1, 0.15) is 17.3 Å². The van der Waals surface area contributed by atoms with E-state index in [0.717, 1.165) is 69.1 Å². The Kier molecular flexibility index (Phi) is 5.72. The summed E-state index contributed by atoms with van der Waals surface area (Å²) in [6.07, 6.45) is 3.56. The molecule has 1 saturated heterocycles. The molecule has 0 saturated carbocycles. The number of para-hydroxylation sites is 1. The molecular weight excluding hydrogens is 352 g/mol. The van der Waals surface area contributed by atoms with Crippen molar-refractivity contribution >= 4 is 5.91 Å². The molecule has 1 amide bonds. The molecule has 1 fully saturated rings. The number of carbonyl (C=O) groups excluding carboxylic acids is 1. The van der Waals surface area contributed by atoms with Gasteiger partial charge < -0.3 is 14.1 Å². The molecule has 0 unspecified atom stereocenters. The Morgan fingerprint density at radius 3 is 2.68 bits per heavy atom. The van der Waals surface area contributed by atoms with E-state index in [-0.39, 0.29) is 12.0 Å². The Labute approximate surface area is 167 Å². The summed E-state index contributed by atoms with van der Waals surface area (Å²) in [7, 11) is 1.92. The number of carbonyl (C=O) groups is 1. The van der Waals surface area contributed by atoms with Crippen LogP contribution in [0.25, 0.3) is 0 Å². The molecule has 2 aliphatic rings. The number of fused-ring (bicyclic) bond motifs is 1. The molecule has 3 heterocycles. The molecule has 0 spiro atoms. The number of ether oxygens (including phenoxy) is 1. The summed E-state index contributed by atoms with van der Waals surface area (Å²) in [4.78, 5) is 17.2. The molecule has 28 heavy (non-hydrogen) atoms. The number of piperidine rings is 1. The normalized spacial score (nSPS) is 20.4. The first-order chi connectivity index (χ1) is 13.6. The van der Waals surface area contributed by atoms with Gasteiger partial charge in [0.25, 0.3) is 5.91 Å². The summed E-state index contributed by atoms with van der Waals surface area (Å²) in [6.45, 7) is 5.79. The highest BCUT2D eigenvalue weighted by Gasteiger charge is 2.30. The lowest BCUT2D eigenvalue weighted by Crippen LogP contribution is -2.45. The summed E-state index contributed by atoms with van der Waals surface area (Å²) < 4.78 is 11.7. The standard InChI is InChI=1S/C23H30N2O3/c1-17-7-9-20(27-17)16-25-13-11-18(12-14-25)15-24(2)23(26)22-10-8-19-5-3-4-6-21(19)28-22/h3-7,9,18,22H,8,10-16H2,1-2H3/t22-/m1/s1. The summed E-state index contributed by atoms with van der Waals surface area (Å²) in [5.41, 5.74) is 1.20. The minimum absolute atomic E-state index is 0.114. The minimum Gasteiger partial charge on any atom is -0.480 e. The van der Waals surface area contributed by atoms with E-state index in [0.29, 0.717) is 5.92 Å². The van der Waals surface area contributed by atoms with Crippen LogP contribution in [0.15, 0.2) is 40.8 Å². The monoisotopic (exact) mass is 382 g/mol. The Balaban J connectivity index is 1.24. The van der Waals surface area contributed by atoms with Gasteiger partial charge in [0.05, 0.1) is 6.54 Å². The third-order valence-electron chi connectivity index (χ3n) is 5.98.